The van der Waals surface area contributed by atoms with Gasteiger partial charge in [0.25, 0.3) is 0 Å². The first-order valence-corrected chi connectivity index (χ1v) is 17.7. The van der Waals surface area contributed by atoms with Crippen LogP contribution in [0.2, 0.25) is 0 Å². The molecule has 0 spiro atoms. The Morgan fingerprint density at radius 3 is 1.75 bits per heavy atom. The number of benzene rings is 4. The molecule has 1 aliphatic rings. The van der Waals surface area contributed by atoms with Crippen molar-refractivity contribution in [3.63, 3.8) is 0 Å². The van der Waals surface area contributed by atoms with Gasteiger partial charge in [0.2, 0.25) is 0 Å². The number of piperidine rings is 1. The molecule has 2 atom stereocenters. The molecular formula is C44H51NO6. The molecule has 51 heavy (non-hydrogen) atoms. The Bertz CT molecular complexity index is 1600. The number of hydrogen-bond acceptors (Lipinski definition) is 6. The van der Waals surface area contributed by atoms with E-state index in [9.17, 15) is 4.79 Å². The summed E-state index contributed by atoms with van der Waals surface area (Å²) < 4.78 is 31.1. The van der Waals surface area contributed by atoms with Crippen LogP contribution in [0.25, 0.3) is 12.2 Å². The SMILES string of the molecule is C=Cc1ccc(COC2CN(C(=O)OC(C)(C)C)CC(OCc3ccc(C=C)cc3)C2c2ccc(OCCCOCc3ccccc3)cc2)cc1. The van der Waals surface area contributed by atoms with Gasteiger partial charge < -0.3 is 28.6 Å². The number of ether oxygens (including phenoxy) is 5. The number of amides is 1. The third kappa shape index (κ3) is 11.7. The lowest BCUT2D eigenvalue weighted by atomic mass is 9.84. The van der Waals surface area contributed by atoms with Crippen LogP contribution in [-0.4, -0.2) is 55.1 Å². The van der Waals surface area contributed by atoms with Crippen LogP contribution in [0.4, 0.5) is 4.79 Å². The first kappa shape index (κ1) is 37.6. The molecule has 0 bridgehead atoms. The minimum Gasteiger partial charge on any atom is -0.494 e. The molecule has 5 rings (SSSR count). The van der Waals surface area contributed by atoms with E-state index >= 15 is 0 Å². The van der Waals surface area contributed by atoms with Crippen LogP contribution in [0.3, 0.4) is 0 Å². The normalized spacial score (nSPS) is 17.5. The van der Waals surface area contributed by atoms with Crippen molar-refractivity contribution in [2.24, 2.45) is 0 Å². The fraction of sp³-hybridized carbons (Fsp3) is 0.341. The van der Waals surface area contributed by atoms with Crippen LogP contribution in [0.15, 0.2) is 116 Å². The first-order valence-electron chi connectivity index (χ1n) is 17.7. The fourth-order valence-corrected chi connectivity index (χ4v) is 6.00. The van der Waals surface area contributed by atoms with E-state index in [1.165, 1.54) is 0 Å². The summed E-state index contributed by atoms with van der Waals surface area (Å²) in [4.78, 5) is 15.2. The van der Waals surface area contributed by atoms with Gasteiger partial charge in [-0.15, -0.1) is 0 Å². The quantitative estimate of drug-likeness (QED) is 0.109. The van der Waals surface area contributed by atoms with Crippen molar-refractivity contribution in [3.05, 3.63) is 150 Å². The molecule has 0 saturated carbocycles. The Morgan fingerprint density at radius 2 is 1.24 bits per heavy atom. The van der Waals surface area contributed by atoms with Crippen molar-refractivity contribution in [1.29, 1.82) is 0 Å². The molecule has 4 aromatic rings. The minimum absolute atomic E-state index is 0.163. The van der Waals surface area contributed by atoms with E-state index in [2.05, 4.69) is 37.4 Å². The average Bonchev–Trinajstić information content (AvgIpc) is 3.14. The zero-order valence-electron chi connectivity index (χ0n) is 30.2. The minimum atomic E-state index is -0.635. The number of likely N-dealkylation sites (tertiary alicyclic amines) is 1. The molecule has 268 valence electrons. The van der Waals surface area contributed by atoms with Crippen LogP contribution < -0.4 is 4.74 Å². The maximum atomic E-state index is 13.5. The Balaban J connectivity index is 1.32. The van der Waals surface area contributed by atoms with E-state index in [4.69, 9.17) is 23.7 Å². The van der Waals surface area contributed by atoms with Crippen molar-refractivity contribution in [3.8, 4) is 5.75 Å². The highest BCUT2D eigenvalue weighted by molar-refractivity contribution is 5.68. The van der Waals surface area contributed by atoms with Gasteiger partial charge in [0, 0.05) is 12.3 Å². The molecule has 7 nitrogen and oxygen atoms in total. The summed E-state index contributed by atoms with van der Waals surface area (Å²) in [6.07, 6.45) is 3.30. The topological polar surface area (TPSA) is 66.5 Å². The molecule has 2 unspecified atom stereocenters. The molecule has 4 aromatic carbocycles. The second-order valence-corrected chi connectivity index (χ2v) is 13.8. The zero-order valence-corrected chi connectivity index (χ0v) is 30.2. The second-order valence-electron chi connectivity index (χ2n) is 13.8. The van der Waals surface area contributed by atoms with Gasteiger partial charge in [-0.25, -0.2) is 4.79 Å². The van der Waals surface area contributed by atoms with Crippen molar-refractivity contribution in [2.75, 3.05) is 26.3 Å². The second kappa shape index (κ2) is 18.5. The summed E-state index contributed by atoms with van der Waals surface area (Å²) in [7, 11) is 0. The Morgan fingerprint density at radius 1 is 0.706 bits per heavy atom. The van der Waals surface area contributed by atoms with Crippen LogP contribution in [0, 0.1) is 0 Å². The first-order chi connectivity index (χ1) is 24.7. The number of nitrogens with zero attached hydrogens (tertiary/aromatic N) is 1. The smallest absolute Gasteiger partial charge is 0.410 e. The predicted octanol–water partition coefficient (Wildman–Crippen LogP) is 9.46. The molecule has 1 aliphatic heterocycles. The van der Waals surface area contributed by atoms with Crippen LogP contribution in [0.1, 0.15) is 66.5 Å². The Hall–Kier alpha value is -4.69. The molecule has 1 fully saturated rings. The van der Waals surface area contributed by atoms with E-state index in [-0.39, 0.29) is 24.2 Å². The Labute approximate surface area is 303 Å². The van der Waals surface area contributed by atoms with E-state index in [1.54, 1.807) is 4.90 Å². The molecule has 1 amide bonds. The summed E-state index contributed by atoms with van der Waals surface area (Å²) in [5, 5.41) is 0. The summed E-state index contributed by atoms with van der Waals surface area (Å²) in [5.41, 5.74) is 5.73. The van der Waals surface area contributed by atoms with E-state index < -0.39 is 5.60 Å². The lowest BCUT2D eigenvalue weighted by Gasteiger charge is -2.43. The maximum Gasteiger partial charge on any atom is 0.410 e. The highest BCUT2D eigenvalue weighted by Crippen LogP contribution is 2.35. The van der Waals surface area contributed by atoms with Gasteiger partial charge in [0.15, 0.2) is 0 Å². The van der Waals surface area contributed by atoms with Gasteiger partial charge in [-0.1, -0.05) is 116 Å². The highest BCUT2D eigenvalue weighted by Gasteiger charge is 2.42. The van der Waals surface area contributed by atoms with Crippen LogP contribution in [0.5, 0.6) is 5.75 Å². The lowest BCUT2D eigenvalue weighted by Crippen LogP contribution is -2.55. The molecule has 1 saturated heterocycles. The maximum absolute atomic E-state index is 13.5. The molecule has 1 heterocycles. The molecule has 0 N–H and O–H groups in total. The van der Waals surface area contributed by atoms with Crippen molar-refractivity contribution in [2.45, 2.75) is 70.7 Å². The lowest BCUT2D eigenvalue weighted by molar-refractivity contribution is -0.100. The van der Waals surface area contributed by atoms with Crippen LogP contribution in [-0.2, 0) is 38.8 Å². The van der Waals surface area contributed by atoms with Gasteiger partial charge in [-0.2, -0.15) is 0 Å². The van der Waals surface area contributed by atoms with Gasteiger partial charge in [0.1, 0.15) is 11.4 Å². The van der Waals surface area contributed by atoms with E-state index in [1.807, 2.05) is 112 Å². The standard InChI is InChI=1S/C44H51NO6/c1-6-33-14-18-36(19-15-33)31-49-40-28-45(43(46)51-44(3,4)5)29-41(50-32-37-20-16-34(7-2)17-21-37)42(40)38-22-24-39(25-23-38)48-27-11-26-47-30-35-12-9-8-10-13-35/h6-10,12-25,40-42H,1-2,11,26-32H2,3-5H3. The number of carbonyl (C=O) groups is 1. The fourth-order valence-electron chi connectivity index (χ4n) is 6.00. The van der Waals surface area contributed by atoms with Gasteiger partial charge in [-0.05, 0) is 66.3 Å². The zero-order chi connectivity index (χ0) is 36.1. The summed E-state index contributed by atoms with van der Waals surface area (Å²) >= 11 is 0. The molecule has 0 radical (unpaired) electrons. The monoisotopic (exact) mass is 689 g/mol. The highest BCUT2D eigenvalue weighted by atomic mass is 16.6. The molecule has 0 aromatic heterocycles. The largest absolute Gasteiger partial charge is 0.494 e. The van der Waals surface area contributed by atoms with Gasteiger partial charge in [0.05, 0.1) is 58.3 Å². The van der Waals surface area contributed by atoms with Crippen molar-refractivity contribution < 1.29 is 28.5 Å². The molecule has 7 heteroatoms. The summed E-state index contributed by atoms with van der Waals surface area (Å²) in [5.74, 6) is 0.622. The third-order valence-electron chi connectivity index (χ3n) is 8.69. The van der Waals surface area contributed by atoms with Crippen molar-refractivity contribution in [1.82, 2.24) is 4.90 Å². The van der Waals surface area contributed by atoms with Gasteiger partial charge in [-0.3, -0.25) is 0 Å². The number of hydrogen-bond donors (Lipinski definition) is 0. The number of rotatable bonds is 16. The average molecular weight is 690 g/mol. The predicted molar refractivity (Wildman–Crippen MR) is 203 cm³/mol. The molecular weight excluding hydrogens is 638 g/mol. The van der Waals surface area contributed by atoms with E-state index in [0.29, 0.717) is 46.1 Å². The molecule has 0 aliphatic carbocycles. The van der Waals surface area contributed by atoms with E-state index in [0.717, 1.165) is 45.6 Å². The van der Waals surface area contributed by atoms with Crippen LogP contribution >= 0.6 is 0 Å². The number of carbonyl (C=O) groups excluding carboxylic acids is 1. The Kier molecular flexibility index (Phi) is 13.6. The third-order valence-corrected chi connectivity index (χ3v) is 8.69. The summed E-state index contributed by atoms with van der Waals surface area (Å²) in [6.45, 7) is 16.6. The van der Waals surface area contributed by atoms with Crippen molar-refractivity contribution >= 4 is 18.2 Å². The summed E-state index contributed by atoms with van der Waals surface area (Å²) in [6, 6.07) is 34.6. The van der Waals surface area contributed by atoms with Gasteiger partial charge >= 0.3 is 6.09 Å².